The van der Waals surface area contributed by atoms with E-state index in [0.717, 1.165) is 0 Å². The average Bonchev–Trinajstić information content (AvgIpc) is 3.21. The van der Waals surface area contributed by atoms with Crippen molar-refractivity contribution in [2.45, 2.75) is 77.4 Å². The zero-order chi connectivity index (χ0) is 27.3. The van der Waals surface area contributed by atoms with Crippen molar-refractivity contribution in [3.63, 3.8) is 0 Å². The minimum Gasteiger partial charge on any atom is -0.494 e. The fraction of sp³-hybridized carbons (Fsp3) is 0.500. The van der Waals surface area contributed by atoms with Gasteiger partial charge in [0.25, 0.3) is 0 Å². The first-order valence-electron chi connectivity index (χ1n) is 12.5. The minimum absolute atomic E-state index is 0.0432. The molecule has 9 heteroatoms. The van der Waals surface area contributed by atoms with Crippen molar-refractivity contribution >= 4 is 0 Å². The van der Waals surface area contributed by atoms with Crippen LogP contribution in [0.4, 0.5) is 4.39 Å². The first kappa shape index (κ1) is 28.5. The number of aliphatic hydroxyl groups excluding tert-OH is 2. The molecule has 8 nitrogen and oxygen atoms in total. The van der Waals surface area contributed by atoms with E-state index >= 15 is 4.39 Å². The van der Waals surface area contributed by atoms with Crippen molar-refractivity contribution in [3.8, 4) is 17.3 Å². The quantitative estimate of drug-likeness (QED) is 0.339. The maximum Gasteiger partial charge on any atom is 0.140 e. The molecule has 1 aliphatic rings. The first-order valence-corrected chi connectivity index (χ1v) is 12.5. The number of nitrogens with zero attached hydrogens (tertiary/aromatic N) is 3. The second-order valence-electron chi connectivity index (χ2n) is 10.3. The number of allylic oxidation sites excluding steroid dienone is 3. The van der Waals surface area contributed by atoms with Gasteiger partial charge >= 0.3 is 0 Å². The van der Waals surface area contributed by atoms with Gasteiger partial charge in [0.05, 0.1) is 17.4 Å². The van der Waals surface area contributed by atoms with Gasteiger partial charge in [0, 0.05) is 37.9 Å². The highest BCUT2D eigenvalue weighted by Crippen LogP contribution is 2.29. The number of nitriles is 1. The summed E-state index contributed by atoms with van der Waals surface area (Å²) in [5.41, 5.74) is 1.35. The number of aliphatic hydroxyl groups is 3. The van der Waals surface area contributed by atoms with Gasteiger partial charge in [-0.05, 0) is 76.3 Å². The molecule has 0 bridgehead atoms. The summed E-state index contributed by atoms with van der Waals surface area (Å²) in [5, 5.41) is 43.3. The second kappa shape index (κ2) is 12.0. The van der Waals surface area contributed by atoms with Crippen molar-refractivity contribution in [2.75, 3.05) is 6.61 Å². The van der Waals surface area contributed by atoms with Crippen LogP contribution in [0.15, 0.2) is 47.4 Å². The number of rotatable bonds is 11. The minimum atomic E-state index is -1.16. The van der Waals surface area contributed by atoms with Crippen LogP contribution in [0.5, 0.6) is 0 Å². The lowest BCUT2D eigenvalue weighted by molar-refractivity contribution is 0.0659. The number of aromatic nitrogens is 2. The molecule has 0 radical (unpaired) electrons. The van der Waals surface area contributed by atoms with E-state index in [1.54, 1.807) is 49.9 Å². The second-order valence-corrected chi connectivity index (χ2v) is 10.3. The van der Waals surface area contributed by atoms with Crippen LogP contribution in [-0.4, -0.2) is 49.9 Å². The Morgan fingerprint density at radius 3 is 2.59 bits per heavy atom. The maximum atomic E-state index is 15.1. The lowest BCUT2D eigenvalue weighted by atomic mass is 9.95. The van der Waals surface area contributed by atoms with Gasteiger partial charge in [-0.15, -0.1) is 0 Å². The molecule has 200 valence electrons. The van der Waals surface area contributed by atoms with E-state index in [9.17, 15) is 20.6 Å². The first-order chi connectivity index (χ1) is 17.4. The van der Waals surface area contributed by atoms with E-state index in [1.165, 1.54) is 6.07 Å². The van der Waals surface area contributed by atoms with Gasteiger partial charge in [-0.1, -0.05) is 6.07 Å². The van der Waals surface area contributed by atoms with E-state index < -0.39 is 17.6 Å². The predicted molar refractivity (Wildman–Crippen MR) is 138 cm³/mol. The number of halogens is 1. The van der Waals surface area contributed by atoms with E-state index in [-0.39, 0.29) is 18.8 Å². The number of nitrogens with one attached hydrogen (secondary N) is 1. The van der Waals surface area contributed by atoms with E-state index in [2.05, 4.69) is 16.4 Å². The third-order valence-corrected chi connectivity index (χ3v) is 6.21. The van der Waals surface area contributed by atoms with Gasteiger partial charge in [-0.25, -0.2) is 9.37 Å². The molecule has 0 aliphatic heterocycles. The predicted octanol–water partition coefficient (Wildman–Crippen LogP) is 3.58. The molecular weight excluding hydrogens is 475 g/mol. The summed E-state index contributed by atoms with van der Waals surface area (Å²) in [6, 6.07) is 6.68. The molecule has 0 saturated carbocycles. The summed E-state index contributed by atoms with van der Waals surface area (Å²) in [6.07, 6.45) is 4.05. The molecule has 2 atom stereocenters. The Morgan fingerprint density at radius 1 is 1.30 bits per heavy atom. The molecule has 0 saturated heterocycles. The zero-order valence-electron chi connectivity index (χ0n) is 22.1. The smallest absolute Gasteiger partial charge is 0.140 e. The highest BCUT2D eigenvalue weighted by molar-refractivity contribution is 5.60. The summed E-state index contributed by atoms with van der Waals surface area (Å²) in [7, 11) is 1.75. The molecule has 4 N–H and O–H groups in total. The average molecular weight is 513 g/mol. The lowest BCUT2D eigenvalue weighted by Crippen LogP contribution is -2.41. The van der Waals surface area contributed by atoms with Gasteiger partial charge in [0.1, 0.15) is 35.3 Å². The number of benzene rings is 1. The number of hydrogen-bond acceptors (Lipinski definition) is 7. The summed E-state index contributed by atoms with van der Waals surface area (Å²) >= 11 is 0. The van der Waals surface area contributed by atoms with Gasteiger partial charge < -0.3 is 24.6 Å². The number of aryl methyl sites for hydroxylation is 1. The molecule has 0 amide bonds. The summed E-state index contributed by atoms with van der Waals surface area (Å²) in [6.45, 7) is 6.94. The van der Waals surface area contributed by atoms with Crippen molar-refractivity contribution in [2.24, 2.45) is 7.05 Å². The number of hydrogen-bond donors (Lipinski definition) is 4. The fourth-order valence-electron chi connectivity index (χ4n) is 4.52. The molecule has 2 aromatic rings. The van der Waals surface area contributed by atoms with Crippen LogP contribution in [0.1, 0.15) is 58.3 Å². The molecule has 37 heavy (non-hydrogen) atoms. The molecular formula is C28H37FN4O4. The zero-order valence-corrected chi connectivity index (χ0v) is 22.1. The Morgan fingerprint density at radius 2 is 2.03 bits per heavy atom. The monoisotopic (exact) mass is 512 g/mol. The summed E-state index contributed by atoms with van der Waals surface area (Å²) < 4.78 is 22.5. The van der Waals surface area contributed by atoms with Gasteiger partial charge in [0.15, 0.2) is 0 Å². The summed E-state index contributed by atoms with van der Waals surface area (Å²) in [5.74, 6) is 0.609. The highest BCUT2D eigenvalue weighted by atomic mass is 19.1. The molecule has 1 unspecified atom stereocenters. The number of imidazole rings is 1. The van der Waals surface area contributed by atoms with E-state index in [1.807, 2.05) is 13.8 Å². The third kappa shape index (κ3) is 7.27. The van der Waals surface area contributed by atoms with E-state index in [4.69, 9.17) is 4.74 Å². The van der Waals surface area contributed by atoms with Crippen molar-refractivity contribution < 1.29 is 24.4 Å². The van der Waals surface area contributed by atoms with Gasteiger partial charge in [0.2, 0.25) is 0 Å². The summed E-state index contributed by atoms with van der Waals surface area (Å²) in [4.78, 5) is 4.41. The Hall–Kier alpha value is -3.03. The van der Waals surface area contributed by atoms with Crippen LogP contribution in [0, 0.1) is 17.1 Å². The van der Waals surface area contributed by atoms with Gasteiger partial charge in [-0.2, -0.15) is 5.26 Å². The van der Waals surface area contributed by atoms with Crippen LogP contribution in [0.25, 0.3) is 11.3 Å². The topological polar surface area (TPSA) is 124 Å². The lowest BCUT2D eigenvalue weighted by Gasteiger charge is -2.27. The molecule has 0 spiro atoms. The number of ether oxygens (including phenoxy) is 1. The Kier molecular flexibility index (Phi) is 9.26. The third-order valence-electron chi connectivity index (χ3n) is 6.21. The van der Waals surface area contributed by atoms with Crippen LogP contribution >= 0.6 is 0 Å². The van der Waals surface area contributed by atoms with Crippen LogP contribution in [-0.2, 0) is 23.8 Å². The normalized spacial score (nSPS) is 16.0. The standard InChI is InChI=1S/C28H37FN4O4/c1-17(2)37-25-9-7-19(14-20(25)15-30)26(35)31-21(10-11-34)12-18-6-8-22(23(29)13-18)24-16-33(5)27(32-24)28(3,4)36/h6,8,13-14,16-17,21,26,31,34-36H,7,9-12H2,1-5H3/t21-,26?/m1/s1. The fourth-order valence-corrected chi connectivity index (χ4v) is 4.52. The SMILES string of the molecule is CC(C)OC1=C(C#N)C=C(C(O)N[C@H](CCO)Cc2ccc(-c3cn(C)c(C(C)(C)O)n3)c(F)c2)CC1. The Bertz CT molecular complexity index is 1200. The Labute approximate surface area is 217 Å². The Balaban J connectivity index is 1.74. The van der Waals surface area contributed by atoms with Crippen molar-refractivity contribution in [3.05, 3.63) is 64.6 Å². The van der Waals surface area contributed by atoms with Crippen LogP contribution in [0.2, 0.25) is 0 Å². The molecule has 1 aromatic heterocycles. The van der Waals surface area contributed by atoms with Crippen molar-refractivity contribution in [1.82, 2.24) is 14.9 Å². The van der Waals surface area contributed by atoms with Crippen LogP contribution in [0.3, 0.4) is 0 Å². The molecule has 1 aromatic carbocycles. The molecule has 1 aliphatic carbocycles. The largest absolute Gasteiger partial charge is 0.494 e. The van der Waals surface area contributed by atoms with E-state index in [0.29, 0.717) is 65.2 Å². The van der Waals surface area contributed by atoms with Crippen LogP contribution < -0.4 is 5.32 Å². The molecule has 1 heterocycles. The molecule has 3 rings (SSSR count). The van der Waals surface area contributed by atoms with Gasteiger partial charge in [-0.3, -0.25) is 5.32 Å². The van der Waals surface area contributed by atoms with Crippen molar-refractivity contribution in [1.29, 1.82) is 5.26 Å². The highest BCUT2D eigenvalue weighted by Gasteiger charge is 2.25. The maximum absolute atomic E-state index is 15.1. The molecule has 0 fully saturated rings.